The Kier molecular flexibility index (Phi) is 5.87. The van der Waals surface area contributed by atoms with Crippen LogP contribution in [-0.2, 0) is 11.2 Å². The Morgan fingerprint density at radius 1 is 1.24 bits per heavy atom. The van der Waals surface area contributed by atoms with Crippen molar-refractivity contribution in [3.8, 4) is 0 Å². The Morgan fingerprint density at radius 3 is 2.52 bits per heavy atom. The summed E-state index contributed by atoms with van der Waals surface area (Å²) in [6.45, 7) is 4.28. The van der Waals surface area contributed by atoms with Crippen LogP contribution in [-0.4, -0.2) is 16.1 Å². The first-order valence-electron chi connectivity index (χ1n) is 7.00. The number of amides is 1. The maximum absolute atomic E-state index is 12.0. The van der Waals surface area contributed by atoms with Crippen LogP contribution in [0.4, 0.5) is 5.13 Å². The third-order valence-electron chi connectivity index (χ3n) is 3.30. The van der Waals surface area contributed by atoms with Gasteiger partial charge in [0.15, 0.2) is 0 Å². The van der Waals surface area contributed by atoms with E-state index < -0.39 is 0 Å². The number of aromatic nitrogens is 2. The van der Waals surface area contributed by atoms with Crippen molar-refractivity contribution in [3.05, 3.63) is 39.3 Å². The van der Waals surface area contributed by atoms with E-state index in [2.05, 4.69) is 45.3 Å². The number of nitrogens with one attached hydrogen (secondary N) is 1. The minimum absolute atomic E-state index is 0.0652. The Bertz CT molecular complexity index is 593. The summed E-state index contributed by atoms with van der Waals surface area (Å²) in [5, 5.41) is 12.6. The SMILES string of the molecule is CCC(CC)c1nnc(NC(=O)Cc2ccc(Br)cc2)s1. The molecule has 0 radical (unpaired) electrons. The van der Waals surface area contributed by atoms with Crippen molar-refractivity contribution >= 4 is 38.3 Å². The maximum atomic E-state index is 12.0. The summed E-state index contributed by atoms with van der Waals surface area (Å²) < 4.78 is 1.01. The molecule has 1 aromatic carbocycles. The second kappa shape index (κ2) is 7.66. The van der Waals surface area contributed by atoms with Crippen LogP contribution in [0, 0.1) is 0 Å². The molecular weight excluding hydrogens is 350 g/mol. The summed E-state index contributed by atoms with van der Waals surface area (Å²) in [7, 11) is 0. The molecule has 0 saturated heterocycles. The molecule has 1 aromatic heterocycles. The van der Waals surface area contributed by atoms with E-state index in [9.17, 15) is 4.79 Å². The van der Waals surface area contributed by atoms with Crippen LogP contribution in [0.1, 0.15) is 43.2 Å². The van der Waals surface area contributed by atoms with Gasteiger partial charge in [0, 0.05) is 10.4 Å². The first kappa shape index (κ1) is 16.1. The first-order chi connectivity index (χ1) is 10.1. The van der Waals surface area contributed by atoms with Crippen molar-refractivity contribution in [1.82, 2.24) is 10.2 Å². The third-order valence-corrected chi connectivity index (χ3v) is 4.83. The Labute approximate surface area is 137 Å². The molecule has 6 heteroatoms. The van der Waals surface area contributed by atoms with E-state index in [4.69, 9.17) is 0 Å². The lowest BCUT2D eigenvalue weighted by Crippen LogP contribution is -2.14. The van der Waals surface area contributed by atoms with Gasteiger partial charge in [-0.05, 0) is 30.5 Å². The van der Waals surface area contributed by atoms with Crippen LogP contribution in [0.5, 0.6) is 0 Å². The van der Waals surface area contributed by atoms with Gasteiger partial charge in [-0.1, -0.05) is 53.2 Å². The molecule has 0 bridgehead atoms. The second-order valence-corrected chi connectivity index (χ2v) is 6.74. The van der Waals surface area contributed by atoms with Crippen LogP contribution in [0.3, 0.4) is 0 Å². The molecule has 0 aliphatic carbocycles. The van der Waals surface area contributed by atoms with Gasteiger partial charge in [0.1, 0.15) is 5.01 Å². The maximum Gasteiger partial charge on any atom is 0.230 e. The van der Waals surface area contributed by atoms with Crippen LogP contribution < -0.4 is 5.32 Å². The predicted molar refractivity (Wildman–Crippen MR) is 89.7 cm³/mol. The van der Waals surface area contributed by atoms with E-state index in [-0.39, 0.29) is 5.91 Å². The fourth-order valence-electron chi connectivity index (χ4n) is 2.04. The number of hydrogen-bond donors (Lipinski definition) is 1. The predicted octanol–water partition coefficient (Wildman–Crippen LogP) is 4.39. The van der Waals surface area contributed by atoms with Crippen LogP contribution in [0.25, 0.3) is 0 Å². The highest BCUT2D eigenvalue weighted by molar-refractivity contribution is 9.10. The summed E-state index contributed by atoms with van der Waals surface area (Å²) in [6.07, 6.45) is 2.42. The quantitative estimate of drug-likeness (QED) is 0.823. The molecule has 4 nitrogen and oxygen atoms in total. The summed E-state index contributed by atoms with van der Waals surface area (Å²) >= 11 is 4.85. The lowest BCUT2D eigenvalue weighted by atomic mass is 10.1. The minimum atomic E-state index is -0.0652. The number of hydrogen-bond acceptors (Lipinski definition) is 4. The van der Waals surface area contributed by atoms with Crippen molar-refractivity contribution in [2.75, 3.05) is 5.32 Å². The normalized spacial score (nSPS) is 10.9. The summed E-state index contributed by atoms with van der Waals surface area (Å²) in [5.41, 5.74) is 0.973. The molecule has 21 heavy (non-hydrogen) atoms. The molecule has 0 aliphatic rings. The molecular formula is C15H18BrN3OS. The van der Waals surface area contributed by atoms with Gasteiger partial charge in [0.25, 0.3) is 0 Å². The number of carbonyl (C=O) groups is 1. The largest absolute Gasteiger partial charge is 0.300 e. The highest BCUT2D eigenvalue weighted by Gasteiger charge is 2.14. The second-order valence-electron chi connectivity index (χ2n) is 4.81. The number of carbonyl (C=O) groups excluding carboxylic acids is 1. The number of halogens is 1. The smallest absolute Gasteiger partial charge is 0.230 e. The molecule has 2 aromatic rings. The first-order valence-corrected chi connectivity index (χ1v) is 8.61. The molecule has 0 aliphatic heterocycles. The lowest BCUT2D eigenvalue weighted by Gasteiger charge is -2.05. The van der Waals surface area contributed by atoms with Crippen LogP contribution in [0.15, 0.2) is 28.7 Å². The molecule has 0 spiro atoms. The van der Waals surface area contributed by atoms with Crippen molar-refractivity contribution in [2.24, 2.45) is 0 Å². The van der Waals surface area contributed by atoms with E-state index in [0.717, 1.165) is 27.9 Å². The molecule has 0 atom stereocenters. The highest BCUT2D eigenvalue weighted by Crippen LogP contribution is 2.28. The summed E-state index contributed by atoms with van der Waals surface area (Å²) in [5.74, 6) is 0.365. The fourth-order valence-corrected chi connectivity index (χ4v) is 3.33. The number of nitrogens with zero attached hydrogens (tertiary/aromatic N) is 2. The molecule has 112 valence electrons. The van der Waals surface area contributed by atoms with Gasteiger partial charge in [-0.15, -0.1) is 10.2 Å². The van der Waals surface area contributed by atoms with E-state index in [0.29, 0.717) is 17.5 Å². The molecule has 1 amide bonds. The molecule has 0 unspecified atom stereocenters. The van der Waals surface area contributed by atoms with Gasteiger partial charge in [0.2, 0.25) is 11.0 Å². The monoisotopic (exact) mass is 367 g/mol. The van der Waals surface area contributed by atoms with Crippen LogP contribution >= 0.6 is 27.3 Å². The van der Waals surface area contributed by atoms with Gasteiger partial charge >= 0.3 is 0 Å². The molecule has 0 fully saturated rings. The third kappa shape index (κ3) is 4.61. The molecule has 2 rings (SSSR count). The zero-order valence-corrected chi connectivity index (χ0v) is 14.5. The number of anilines is 1. The topological polar surface area (TPSA) is 54.9 Å². The van der Waals surface area contributed by atoms with Gasteiger partial charge in [-0.25, -0.2) is 0 Å². The van der Waals surface area contributed by atoms with Gasteiger partial charge in [-0.3, -0.25) is 4.79 Å². The zero-order valence-electron chi connectivity index (χ0n) is 12.1. The van der Waals surface area contributed by atoms with Gasteiger partial charge in [-0.2, -0.15) is 0 Å². The van der Waals surface area contributed by atoms with Crippen molar-refractivity contribution in [1.29, 1.82) is 0 Å². The molecule has 1 N–H and O–H groups in total. The van der Waals surface area contributed by atoms with Crippen molar-refractivity contribution in [2.45, 2.75) is 39.0 Å². The van der Waals surface area contributed by atoms with E-state index >= 15 is 0 Å². The fraction of sp³-hybridized carbons (Fsp3) is 0.400. The standard InChI is InChI=1S/C15H18BrN3OS/c1-3-11(4-2)14-18-19-15(21-14)17-13(20)9-10-5-7-12(16)8-6-10/h5-8,11H,3-4,9H2,1-2H3,(H,17,19,20). The average Bonchev–Trinajstić information content (AvgIpc) is 2.91. The lowest BCUT2D eigenvalue weighted by molar-refractivity contribution is -0.115. The summed E-state index contributed by atoms with van der Waals surface area (Å²) in [6, 6.07) is 7.72. The van der Waals surface area contributed by atoms with Crippen molar-refractivity contribution < 1.29 is 4.79 Å². The van der Waals surface area contributed by atoms with Gasteiger partial charge in [0.05, 0.1) is 6.42 Å². The van der Waals surface area contributed by atoms with E-state index in [1.165, 1.54) is 11.3 Å². The highest BCUT2D eigenvalue weighted by atomic mass is 79.9. The minimum Gasteiger partial charge on any atom is -0.300 e. The molecule has 1 heterocycles. The Balaban J connectivity index is 1.95. The van der Waals surface area contributed by atoms with Crippen molar-refractivity contribution in [3.63, 3.8) is 0 Å². The van der Waals surface area contributed by atoms with E-state index in [1.54, 1.807) is 0 Å². The van der Waals surface area contributed by atoms with E-state index in [1.807, 2.05) is 24.3 Å². The van der Waals surface area contributed by atoms with Crippen LogP contribution in [0.2, 0.25) is 0 Å². The number of rotatable bonds is 6. The number of benzene rings is 1. The summed E-state index contributed by atoms with van der Waals surface area (Å²) in [4.78, 5) is 12.0. The Hall–Kier alpha value is -1.27. The van der Waals surface area contributed by atoms with Gasteiger partial charge < -0.3 is 5.32 Å². The zero-order chi connectivity index (χ0) is 15.2. The molecule has 0 saturated carbocycles. The Morgan fingerprint density at radius 2 is 1.90 bits per heavy atom. The average molecular weight is 368 g/mol.